The topological polar surface area (TPSA) is 61.7 Å². The molecule has 1 aliphatic carbocycles. The zero-order valence-corrected chi connectivity index (χ0v) is 12.5. The van der Waals surface area contributed by atoms with E-state index < -0.39 is 0 Å². The minimum Gasteiger partial charge on any atom is -0.506 e. The predicted molar refractivity (Wildman–Crippen MR) is 89.1 cm³/mol. The molecule has 4 nitrogen and oxygen atoms in total. The first kappa shape index (κ1) is 13.8. The summed E-state index contributed by atoms with van der Waals surface area (Å²) in [6.07, 6.45) is 0.905. The Morgan fingerprint density at radius 2 is 1.78 bits per heavy atom. The van der Waals surface area contributed by atoms with E-state index in [4.69, 9.17) is 0 Å². The molecule has 0 amide bonds. The van der Waals surface area contributed by atoms with Crippen LogP contribution in [0, 0.1) is 0 Å². The van der Waals surface area contributed by atoms with Crippen molar-refractivity contribution in [3.8, 4) is 0 Å². The highest BCUT2D eigenvalue weighted by atomic mass is 16.3. The number of nitrogens with zero attached hydrogens (tertiary/aromatic N) is 1. The summed E-state index contributed by atoms with van der Waals surface area (Å²) < 4.78 is 0. The molecule has 1 atom stereocenters. The van der Waals surface area contributed by atoms with Crippen LogP contribution in [0.15, 0.2) is 65.3 Å². The lowest BCUT2D eigenvalue weighted by molar-refractivity contribution is -0.114. The molecule has 0 radical (unpaired) electrons. The summed E-state index contributed by atoms with van der Waals surface area (Å²) in [5, 5.41) is 14.9. The number of nitrogens with one attached hydrogen (secondary N) is 1. The van der Waals surface area contributed by atoms with Crippen LogP contribution in [-0.2, 0) is 11.2 Å². The van der Waals surface area contributed by atoms with Gasteiger partial charge in [-0.1, -0.05) is 54.6 Å². The van der Waals surface area contributed by atoms with E-state index in [2.05, 4.69) is 10.5 Å². The molecule has 23 heavy (non-hydrogen) atoms. The Morgan fingerprint density at radius 3 is 2.61 bits per heavy atom. The zero-order chi connectivity index (χ0) is 15.8. The van der Waals surface area contributed by atoms with Gasteiger partial charge < -0.3 is 10.5 Å². The molecule has 0 fully saturated rings. The summed E-state index contributed by atoms with van der Waals surface area (Å²) in [6.45, 7) is 0. The summed E-state index contributed by atoms with van der Waals surface area (Å²) in [4.78, 5) is 12.5. The van der Waals surface area contributed by atoms with E-state index in [1.165, 1.54) is 0 Å². The van der Waals surface area contributed by atoms with E-state index >= 15 is 0 Å². The van der Waals surface area contributed by atoms with Crippen molar-refractivity contribution in [1.82, 2.24) is 5.43 Å². The van der Waals surface area contributed by atoms with Gasteiger partial charge in [0.15, 0.2) is 5.78 Å². The van der Waals surface area contributed by atoms with Crippen molar-refractivity contribution in [2.45, 2.75) is 18.9 Å². The van der Waals surface area contributed by atoms with Gasteiger partial charge in [0.1, 0.15) is 5.76 Å². The molecule has 2 aromatic carbocycles. The van der Waals surface area contributed by atoms with Crippen LogP contribution in [0.1, 0.15) is 29.2 Å². The van der Waals surface area contributed by atoms with Gasteiger partial charge in [0, 0.05) is 18.4 Å². The first-order chi connectivity index (χ1) is 11.2. The predicted octanol–water partition coefficient (Wildman–Crippen LogP) is 3.17. The number of aliphatic hydroxyl groups excluding tert-OH is 1. The zero-order valence-electron chi connectivity index (χ0n) is 12.5. The number of carbonyl (C=O) groups excluding carboxylic acids is 1. The number of carbonyl (C=O) groups is 1. The number of aliphatic hydroxyl groups is 1. The number of fused-ring (bicyclic) bond motifs is 1. The van der Waals surface area contributed by atoms with E-state index in [9.17, 15) is 9.90 Å². The molecule has 0 bridgehead atoms. The summed E-state index contributed by atoms with van der Waals surface area (Å²) in [5.74, 6) is -0.0263. The molecule has 0 spiro atoms. The van der Waals surface area contributed by atoms with Gasteiger partial charge in [0.2, 0.25) is 0 Å². The van der Waals surface area contributed by atoms with Crippen LogP contribution < -0.4 is 5.43 Å². The summed E-state index contributed by atoms with van der Waals surface area (Å²) in [7, 11) is 0. The van der Waals surface area contributed by atoms with Crippen LogP contribution in [0.2, 0.25) is 0 Å². The minimum atomic E-state index is -0.0736. The summed E-state index contributed by atoms with van der Waals surface area (Å²) in [6, 6.07) is 17.5. The maximum absolute atomic E-state index is 12.5. The molecule has 114 valence electrons. The molecule has 1 unspecified atom stereocenters. The van der Waals surface area contributed by atoms with Crippen LogP contribution in [-0.4, -0.2) is 16.6 Å². The molecule has 1 aliphatic heterocycles. The van der Waals surface area contributed by atoms with E-state index in [0.29, 0.717) is 24.1 Å². The molecule has 0 saturated heterocycles. The quantitative estimate of drug-likeness (QED) is 0.896. The van der Waals surface area contributed by atoms with Crippen molar-refractivity contribution in [1.29, 1.82) is 0 Å². The monoisotopic (exact) mass is 304 g/mol. The largest absolute Gasteiger partial charge is 0.506 e. The Labute approximate surface area is 134 Å². The van der Waals surface area contributed by atoms with Gasteiger partial charge in [-0.3, -0.25) is 4.79 Å². The van der Waals surface area contributed by atoms with Crippen molar-refractivity contribution >= 4 is 17.3 Å². The fourth-order valence-corrected chi connectivity index (χ4v) is 3.21. The maximum Gasteiger partial charge on any atom is 0.172 e. The SMILES string of the molecule is O=C1Cc2ccccc2C(O)=C1C1=NNC(c2ccccc2)C1. The third-order valence-corrected chi connectivity index (χ3v) is 4.38. The molecule has 0 saturated carbocycles. The molecule has 4 rings (SSSR count). The smallest absolute Gasteiger partial charge is 0.172 e. The number of ketones is 1. The number of hydrazone groups is 1. The highest BCUT2D eigenvalue weighted by Gasteiger charge is 2.32. The van der Waals surface area contributed by atoms with Crippen LogP contribution in [0.3, 0.4) is 0 Å². The van der Waals surface area contributed by atoms with Crippen LogP contribution >= 0.6 is 0 Å². The standard InChI is InChI=1S/C19H16N2O2/c22-17-10-13-8-4-5-9-14(13)19(23)18(17)16-11-15(20-21-16)12-6-2-1-3-7-12/h1-9,15,20,23H,10-11H2. The van der Waals surface area contributed by atoms with E-state index in [-0.39, 0.29) is 17.6 Å². The van der Waals surface area contributed by atoms with Crippen molar-refractivity contribution < 1.29 is 9.90 Å². The summed E-state index contributed by atoms with van der Waals surface area (Å²) >= 11 is 0. The van der Waals surface area contributed by atoms with Crippen LogP contribution in [0.5, 0.6) is 0 Å². The second-order valence-corrected chi connectivity index (χ2v) is 5.84. The van der Waals surface area contributed by atoms with Crippen molar-refractivity contribution in [3.05, 3.63) is 76.9 Å². The number of benzene rings is 2. The van der Waals surface area contributed by atoms with Crippen molar-refractivity contribution in [2.24, 2.45) is 5.10 Å². The van der Waals surface area contributed by atoms with Gasteiger partial charge in [0.25, 0.3) is 0 Å². The molecule has 1 heterocycles. The molecular formula is C19H16N2O2. The Kier molecular flexibility index (Phi) is 3.23. The van der Waals surface area contributed by atoms with E-state index in [1.807, 2.05) is 54.6 Å². The van der Waals surface area contributed by atoms with E-state index in [0.717, 1.165) is 16.7 Å². The maximum atomic E-state index is 12.5. The van der Waals surface area contributed by atoms with Gasteiger partial charge in [-0.05, 0) is 11.1 Å². The van der Waals surface area contributed by atoms with Crippen LogP contribution in [0.25, 0.3) is 5.76 Å². The fourth-order valence-electron chi connectivity index (χ4n) is 3.21. The molecule has 2 aliphatic rings. The lowest BCUT2D eigenvalue weighted by atomic mass is 9.86. The molecule has 4 heteroatoms. The number of rotatable bonds is 2. The first-order valence-electron chi connectivity index (χ1n) is 7.66. The number of Topliss-reactive ketones (excluding diaryl/α,β-unsaturated/α-hetero) is 1. The van der Waals surface area contributed by atoms with Crippen LogP contribution in [0.4, 0.5) is 0 Å². The Hall–Kier alpha value is -2.88. The van der Waals surface area contributed by atoms with Crippen molar-refractivity contribution in [2.75, 3.05) is 0 Å². The second kappa shape index (κ2) is 5.39. The Balaban J connectivity index is 1.67. The number of hydrogen-bond donors (Lipinski definition) is 2. The van der Waals surface area contributed by atoms with E-state index in [1.54, 1.807) is 0 Å². The van der Waals surface area contributed by atoms with Crippen molar-refractivity contribution in [3.63, 3.8) is 0 Å². The van der Waals surface area contributed by atoms with Gasteiger partial charge >= 0.3 is 0 Å². The highest BCUT2D eigenvalue weighted by molar-refractivity contribution is 6.28. The number of hydrogen-bond acceptors (Lipinski definition) is 4. The second-order valence-electron chi connectivity index (χ2n) is 5.84. The number of allylic oxidation sites excluding steroid dienone is 1. The highest BCUT2D eigenvalue weighted by Crippen LogP contribution is 2.32. The molecule has 2 aromatic rings. The lowest BCUT2D eigenvalue weighted by Crippen LogP contribution is -2.21. The average molecular weight is 304 g/mol. The lowest BCUT2D eigenvalue weighted by Gasteiger charge is -2.18. The first-order valence-corrected chi connectivity index (χ1v) is 7.66. The molecular weight excluding hydrogens is 288 g/mol. The normalized spacial score (nSPS) is 20.1. The third-order valence-electron chi connectivity index (χ3n) is 4.38. The van der Waals surface area contributed by atoms with Gasteiger partial charge in [-0.2, -0.15) is 5.10 Å². The van der Waals surface area contributed by atoms with Gasteiger partial charge in [-0.15, -0.1) is 0 Å². The van der Waals surface area contributed by atoms with Gasteiger partial charge in [0.05, 0.1) is 17.3 Å². The minimum absolute atomic E-state index is 0.0384. The Morgan fingerprint density at radius 1 is 1.04 bits per heavy atom. The molecule has 0 aromatic heterocycles. The third kappa shape index (κ3) is 2.32. The van der Waals surface area contributed by atoms with Gasteiger partial charge in [-0.25, -0.2) is 0 Å². The summed E-state index contributed by atoms with van der Waals surface area (Å²) in [5.41, 5.74) is 6.78. The average Bonchev–Trinajstić information content (AvgIpc) is 3.05. The fraction of sp³-hybridized carbons (Fsp3) is 0.158. The Bertz CT molecular complexity index is 837. The molecule has 2 N–H and O–H groups in total.